The third kappa shape index (κ3) is 2.65. The third-order valence-corrected chi connectivity index (χ3v) is 5.30. The normalized spacial score (nSPS) is 15.1. The number of anilines is 3. The lowest BCUT2D eigenvalue weighted by molar-refractivity contribution is -0.376. The van der Waals surface area contributed by atoms with Crippen LogP contribution in [0, 0.1) is 11.3 Å². The zero-order valence-corrected chi connectivity index (χ0v) is 16.0. The molecule has 28 heavy (non-hydrogen) atoms. The third-order valence-electron chi connectivity index (χ3n) is 5.30. The number of hydrogen-bond acceptors (Lipinski definition) is 6. The molecule has 1 atom stereocenters. The van der Waals surface area contributed by atoms with Gasteiger partial charge >= 0.3 is 0 Å². The molecule has 0 fully saturated rings. The highest BCUT2D eigenvalue weighted by molar-refractivity contribution is 6.05. The van der Waals surface area contributed by atoms with Gasteiger partial charge in [-0.25, -0.2) is 9.97 Å². The highest BCUT2D eigenvalue weighted by Gasteiger charge is 2.34. The maximum atomic E-state index is 10.0. The SMILES string of the molecule is CCN(CC)c1nc(N)c2c(N)[nH+]c3c(c2c1C#N)C[C@H](c1ccccc1)O3. The van der Waals surface area contributed by atoms with Crippen LogP contribution in [-0.4, -0.2) is 18.1 Å². The van der Waals surface area contributed by atoms with E-state index in [9.17, 15) is 5.26 Å². The van der Waals surface area contributed by atoms with Gasteiger partial charge in [0.05, 0.1) is 5.56 Å². The van der Waals surface area contributed by atoms with Gasteiger partial charge in [-0.15, -0.1) is 0 Å². The van der Waals surface area contributed by atoms with Crippen molar-refractivity contribution in [3.8, 4) is 11.9 Å². The number of benzene rings is 1. The summed E-state index contributed by atoms with van der Waals surface area (Å²) < 4.78 is 6.15. The summed E-state index contributed by atoms with van der Waals surface area (Å²) >= 11 is 0. The molecule has 0 unspecified atom stereocenters. The summed E-state index contributed by atoms with van der Waals surface area (Å²) in [7, 11) is 0. The van der Waals surface area contributed by atoms with Gasteiger partial charge in [-0.2, -0.15) is 5.26 Å². The van der Waals surface area contributed by atoms with E-state index in [0.717, 1.165) is 29.6 Å². The first kappa shape index (κ1) is 17.9. The van der Waals surface area contributed by atoms with Gasteiger partial charge in [-0.3, -0.25) is 5.73 Å². The van der Waals surface area contributed by atoms with Gasteiger partial charge in [0.25, 0.3) is 11.7 Å². The Morgan fingerprint density at radius 3 is 2.57 bits per heavy atom. The van der Waals surface area contributed by atoms with Crippen LogP contribution in [0.25, 0.3) is 10.8 Å². The average Bonchev–Trinajstić information content (AvgIpc) is 3.13. The minimum Gasteiger partial charge on any atom is -0.454 e. The number of H-pyrrole nitrogens is 1. The zero-order valence-electron chi connectivity index (χ0n) is 16.0. The van der Waals surface area contributed by atoms with E-state index >= 15 is 0 Å². The number of nitriles is 1. The first-order valence-corrected chi connectivity index (χ1v) is 9.42. The highest BCUT2D eigenvalue weighted by atomic mass is 16.5. The van der Waals surface area contributed by atoms with Crippen molar-refractivity contribution < 1.29 is 9.72 Å². The van der Waals surface area contributed by atoms with Crippen molar-refractivity contribution in [3.05, 3.63) is 47.0 Å². The Balaban J connectivity index is 1.97. The fourth-order valence-electron chi connectivity index (χ4n) is 3.92. The Morgan fingerprint density at radius 2 is 1.93 bits per heavy atom. The van der Waals surface area contributed by atoms with Crippen molar-refractivity contribution in [2.75, 3.05) is 29.5 Å². The van der Waals surface area contributed by atoms with Crippen molar-refractivity contribution in [2.45, 2.75) is 26.4 Å². The van der Waals surface area contributed by atoms with Crippen LogP contribution >= 0.6 is 0 Å². The summed E-state index contributed by atoms with van der Waals surface area (Å²) in [4.78, 5) is 9.66. The van der Waals surface area contributed by atoms with Crippen LogP contribution in [0.1, 0.15) is 36.6 Å². The smallest absolute Gasteiger partial charge is 0.286 e. The van der Waals surface area contributed by atoms with E-state index < -0.39 is 0 Å². The second-order valence-corrected chi connectivity index (χ2v) is 6.80. The molecule has 5 N–H and O–H groups in total. The molecule has 1 aliphatic rings. The van der Waals surface area contributed by atoms with Crippen molar-refractivity contribution in [1.82, 2.24) is 4.98 Å². The monoisotopic (exact) mass is 375 g/mol. The van der Waals surface area contributed by atoms with E-state index in [1.165, 1.54) is 0 Å². The highest BCUT2D eigenvalue weighted by Crippen LogP contribution is 2.43. The zero-order chi connectivity index (χ0) is 19.8. The summed E-state index contributed by atoms with van der Waals surface area (Å²) in [5.74, 6) is 1.85. The molecule has 0 radical (unpaired) electrons. The second kappa shape index (κ2) is 6.89. The fourth-order valence-corrected chi connectivity index (χ4v) is 3.92. The molecule has 0 amide bonds. The minimum absolute atomic E-state index is 0.143. The number of aromatic nitrogens is 2. The van der Waals surface area contributed by atoms with E-state index in [-0.39, 0.29) is 6.10 Å². The summed E-state index contributed by atoms with van der Waals surface area (Å²) in [6.07, 6.45) is 0.484. The molecule has 7 heteroatoms. The average molecular weight is 375 g/mol. The van der Waals surface area contributed by atoms with Gasteiger partial charge in [0.15, 0.2) is 0 Å². The Hall–Kier alpha value is -3.53. The summed E-state index contributed by atoms with van der Waals surface area (Å²) in [6, 6.07) is 12.4. The molecule has 142 valence electrons. The predicted molar refractivity (Wildman–Crippen MR) is 109 cm³/mol. The molecule has 0 saturated carbocycles. The second-order valence-electron chi connectivity index (χ2n) is 6.80. The number of nitrogen functional groups attached to an aromatic ring is 2. The number of fused-ring (bicyclic) bond motifs is 3. The first-order chi connectivity index (χ1) is 13.6. The van der Waals surface area contributed by atoms with Crippen molar-refractivity contribution in [3.63, 3.8) is 0 Å². The minimum atomic E-state index is -0.143. The van der Waals surface area contributed by atoms with Crippen LogP contribution in [-0.2, 0) is 6.42 Å². The van der Waals surface area contributed by atoms with Gasteiger partial charge in [0.2, 0.25) is 0 Å². The maximum absolute atomic E-state index is 10.0. The lowest BCUT2D eigenvalue weighted by Gasteiger charge is -2.22. The number of nitrogens with zero attached hydrogens (tertiary/aromatic N) is 3. The molecular weight excluding hydrogens is 352 g/mol. The standard InChI is InChI=1S/C21H22N6O/c1-3-27(4-2)20-14(11-22)16-13-10-15(12-8-6-5-7-9-12)28-21(13)26-19(24)17(16)18(23)25-20/h5-9,15H,3-4,10H2,1-2H3,(H2,23,25)(H2,24,26)/p+1/t15-/m1/s1. The first-order valence-electron chi connectivity index (χ1n) is 9.42. The number of pyridine rings is 2. The Kier molecular flexibility index (Phi) is 4.40. The summed E-state index contributed by atoms with van der Waals surface area (Å²) in [5, 5.41) is 11.3. The number of nitrogens with two attached hydrogens (primary N) is 2. The molecule has 3 heterocycles. The van der Waals surface area contributed by atoms with E-state index in [1.54, 1.807) is 0 Å². The summed E-state index contributed by atoms with van der Waals surface area (Å²) in [5.41, 5.74) is 15.0. The lowest BCUT2D eigenvalue weighted by Crippen LogP contribution is -2.25. The molecule has 3 aromatic rings. The van der Waals surface area contributed by atoms with Gasteiger partial charge < -0.3 is 15.4 Å². The summed E-state index contributed by atoms with van der Waals surface area (Å²) in [6.45, 7) is 5.50. The van der Waals surface area contributed by atoms with Gasteiger partial charge in [-0.05, 0) is 19.4 Å². The number of hydrogen-bond donors (Lipinski definition) is 2. The van der Waals surface area contributed by atoms with Crippen LogP contribution in [0.3, 0.4) is 0 Å². The van der Waals surface area contributed by atoms with Crippen molar-refractivity contribution >= 4 is 28.2 Å². The molecule has 0 spiro atoms. The Morgan fingerprint density at radius 1 is 1.21 bits per heavy atom. The van der Waals surface area contributed by atoms with Gasteiger partial charge in [0.1, 0.15) is 34.8 Å². The molecule has 1 aliphatic heterocycles. The molecule has 0 aliphatic carbocycles. The molecule has 0 saturated heterocycles. The van der Waals surface area contributed by atoms with E-state index in [0.29, 0.717) is 40.7 Å². The Bertz CT molecular complexity index is 1090. The van der Waals surface area contributed by atoms with Crippen LogP contribution < -0.4 is 26.1 Å². The molecular formula is C21H23N6O+. The Labute approximate surface area is 163 Å². The quantitative estimate of drug-likeness (QED) is 0.724. The molecule has 0 bridgehead atoms. The number of ether oxygens (including phenoxy) is 1. The maximum Gasteiger partial charge on any atom is 0.286 e. The predicted octanol–water partition coefficient (Wildman–Crippen LogP) is 2.61. The van der Waals surface area contributed by atoms with Crippen LogP contribution in [0.2, 0.25) is 0 Å². The van der Waals surface area contributed by atoms with E-state index in [2.05, 4.69) is 16.0 Å². The molecule has 7 nitrogen and oxygen atoms in total. The topological polar surface area (TPSA) is 115 Å². The number of aromatic amines is 1. The van der Waals surface area contributed by atoms with Crippen LogP contribution in [0.15, 0.2) is 30.3 Å². The molecule has 1 aromatic carbocycles. The van der Waals surface area contributed by atoms with E-state index in [1.807, 2.05) is 49.1 Å². The van der Waals surface area contributed by atoms with Crippen molar-refractivity contribution in [2.24, 2.45) is 0 Å². The van der Waals surface area contributed by atoms with Crippen LogP contribution in [0.4, 0.5) is 17.5 Å². The van der Waals surface area contributed by atoms with Gasteiger partial charge in [0, 0.05) is 24.9 Å². The lowest BCUT2D eigenvalue weighted by atomic mass is 9.97. The van der Waals surface area contributed by atoms with E-state index in [4.69, 9.17) is 16.2 Å². The fraction of sp³-hybridized carbons (Fsp3) is 0.286. The van der Waals surface area contributed by atoms with Gasteiger partial charge in [-0.1, -0.05) is 30.3 Å². The molecule has 4 rings (SSSR count). The van der Waals surface area contributed by atoms with Crippen molar-refractivity contribution in [1.29, 1.82) is 5.26 Å². The number of rotatable bonds is 4. The molecule has 2 aromatic heterocycles. The van der Waals surface area contributed by atoms with Crippen LogP contribution in [0.5, 0.6) is 5.88 Å². The largest absolute Gasteiger partial charge is 0.454 e. The number of nitrogens with one attached hydrogen (secondary N) is 1.